The van der Waals surface area contributed by atoms with E-state index in [1.165, 1.54) is 17.0 Å². The van der Waals surface area contributed by atoms with E-state index < -0.39 is 11.7 Å². The molecule has 0 aliphatic heterocycles. The third-order valence-corrected chi connectivity index (χ3v) is 5.30. The highest BCUT2D eigenvalue weighted by Crippen LogP contribution is 2.30. The van der Waals surface area contributed by atoms with Gasteiger partial charge in [-0.25, -0.2) is 0 Å². The molecule has 0 saturated heterocycles. The Morgan fingerprint density at radius 3 is 2.03 bits per heavy atom. The second kappa shape index (κ2) is 10.5. The van der Waals surface area contributed by atoms with Crippen molar-refractivity contribution in [2.75, 3.05) is 4.90 Å². The van der Waals surface area contributed by atoms with E-state index in [1.807, 2.05) is 32.9 Å². The van der Waals surface area contributed by atoms with Crippen LogP contribution in [-0.2, 0) is 23.9 Å². The van der Waals surface area contributed by atoms with Crippen molar-refractivity contribution in [3.8, 4) is 0 Å². The number of aryl methyl sites for hydroxylation is 1. The fraction of sp³-hybridized carbons (Fsp3) is 0.259. The van der Waals surface area contributed by atoms with E-state index in [9.17, 15) is 22.8 Å². The maximum atomic E-state index is 13.5. The molecule has 0 radical (unpaired) electrons. The summed E-state index contributed by atoms with van der Waals surface area (Å²) in [7, 11) is 0. The van der Waals surface area contributed by atoms with E-state index in [2.05, 4.69) is 5.32 Å². The van der Waals surface area contributed by atoms with Crippen LogP contribution in [0.3, 0.4) is 0 Å². The molecule has 0 aromatic heterocycles. The minimum absolute atomic E-state index is 0.0396. The fourth-order valence-electron chi connectivity index (χ4n) is 3.57. The van der Waals surface area contributed by atoms with E-state index in [1.54, 1.807) is 36.4 Å². The largest absolute Gasteiger partial charge is 0.416 e. The average molecular weight is 469 g/mol. The Balaban J connectivity index is 1.90. The van der Waals surface area contributed by atoms with Crippen molar-refractivity contribution < 1.29 is 22.8 Å². The predicted molar refractivity (Wildman–Crippen MR) is 127 cm³/mol. The SMILES string of the molecule is Cc1ccccc1C(=O)N(Cc1ccc(C(F)(F)F)cc1)c1ccc(CC(=O)NC(C)C)cc1. The Hall–Kier alpha value is -3.61. The van der Waals surface area contributed by atoms with Crippen molar-refractivity contribution in [3.05, 3.63) is 101 Å². The molecule has 3 rings (SSSR count). The van der Waals surface area contributed by atoms with Crippen LogP contribution in [0.25, 0.3) is 0 Å². The number of anilines is 1. The number of nitrogens with one attached hydrogen (secondary N) is 1. The third-order valence-electron chi connectivity index (χ3n) is 5.30. The van der Waals surface area contributed by atoms with E-state index in [0.29, 0.717) is 16.8 Å². The second-order valence-electron chi connectivity index (χ2n) is 8.47. The van der Waals surface area contributed by atoms with Crippen LogP contribution in [0.5, 0.6) is 0 Å². The van der Waals surface area contributed by atoms with Crippen molar-refractivity contribution in [2.45, 2.75) is 46.0 Å². The van der Waals surface area contributed by atoms with Gasteiger partial charge in [0, 0.05) is 17.3 Å². The highest BCUT2D eigenvalue weighted by molar-refractivity contribution is 6.07. The highest BCUT2D eigenvalue weighted by atomic mass is 19.4. The monoisotopic (exact) mass is 468 g/mol. The number of benzene rings is 3. The van der Waals surface area contributed by atoms with Crippen LogP contribution in [0.1, 0.15) is 46.5 Å². The molecule has 0 spiro atoms. The summed E-state index contributed by atoms with van der Waals surface area (Å²) in [6, 6.07) is 19.1. The molecule has 0 heterocycles. The first-order valence-electron chi connectivity index (χ1n) is 11.0. The van der Waals surface area contributed by atoms with Gasteiger partial charge in [0.1, 0.15) is 0 Å². The summed E-state index contributed by atoms with van der Waals surface area (Å²) in [5.74, 6) is -0.358. The first kappa shape index (κ1) is 25.0. The lowest BCUT2D eigenvalue weighted by Crippen LogP contribution is -2.32. The molecule has 1 N–H and O–H groups in total. The van der Waals surface area contributed by atoms with Gasteiger partial charge in [-0.15, -0.1) is 0 Å². The molecule has 0 saturated carbocycles. The number of rotatable bonds is 7. The van der Waals surface area contributed by atoms with Crippen molar-refractivity contribution >= 4 is 17.5 Å². The van der Waals surface area contributed by atoms with Gasteiger partial charge in [0.25, 0.3) is 5.91 Å². The van der Waals surface area contributed by atoms with E-state index >= 15 is 0 Å². The Morgan fingerprint density at radius 2 is 1.47 bits per heavy atom. The Bertz CT molecular complexity index is 1140. The van der Waals surface area contributed by atoms with Gasteiger partial charge in [-0.3, -0.25) is 9.59 Å². The van der Waals surface area contributed by atoms with Crippen molar-refractivity contribution in [3.63, 3.8) is 0 Å². The van der Waals surface area contributed by atoms with E-state index in [4.69, 9.17) is 0 Å². The Labute approximate surface area is 197 Å². The third kappa shape index (κ3) is 6.47. The fourth-order valence-corrected chi connectivity index (χ4v) is 3.57. The van der Waals surface area contributed by atoms with E-state index in [0.717, 1.165) is 23.3 Å². The summed E-state index contributed by atoms with van der Waals surface area (Å²) in [4.78, 5) is 27.0. The van der Waals surface area contributed by atoms with Crippen LogP contribution in [0.15, 0.2) is 72.8 Å². The zero-order chi connectivity index (χ0) is 24.9. The number of amides is 2. The van der Waals surface area contributed by atoms with Crippen molar-refractivity contribution in [1.82, 2.24) is 5.32 Å². The average Bonchev–Trinajstić information content (AvgIpc) is 2.77. The molecule has 34 heavy (non-hydrogen) atoms. The number of alkyl halides is 3. The van der Waals surface area contributed by atoms with Gasteiger partial charge in [0.05, 0.1) is 18.5 Å². The number of hydrogen-bond donors (Lipinski definition) is 1. The van der Waals surface area contributed by atoms with Crippen LogP contribution >= 0.6 is 0 Å². The maximum absolute atomic E-state index is 13.5. The van der Waals surface area contributed by atoms with Gasteiger partial charge in [-0.2, -0.15) is 13.2 Å². The summed E-state index contributed by atoms with van der Waals surface area (Å²) in [6.07, 6.45) is -4.21. The number of carbonyl (C=O) groups is 2. The minimum Gasteiger partial charge on any atom is -0.354 e. The standard InChI is InChI=1S/C27H27F3N2O2/c1-18(2)31-25(33)16-20-10-14-23(15-11-20)32(26(34)24-7-5-4-6-19(24)3)17-21-8-12-22(13-9-21)27(28,29)30/h4-15,18H,16-17H2,1-3H3,(H,31,33). The van der Waals surface area contributed by atoms with Gasteiger partial charge < -0.3 is 10.2 Å². The molecule has 0 bridgehead atoms. The van der Waals surface area contributed by atoms with Crippen LogP contribution in [0.2, 0.25) is 0 Å². The number of halogens is 3. The molecule has 178 valence electrons. The number of nitrogens with zero attached hydrogens (tertiary/aromatic N) is 1. The topological polar surface area (TPSA) is 49.4 Å². The molecule has 4 nitrogen and oxygen atoms in total. The number of hydrogen-bond acceptors (Lipinski definition) is 2. The lowest BCUT2D eigenvalue weighted by molar-refractivity contribution is -0.137. The molecular weight excluding hydrogens is 441 g/mol. The smallest absolute Gasteiger partial charge is 0.354 e. The quantitative estimate of drug-likeness (QED) is 0.467. The van der Waals surface area contributed by atoms with Gasteiger partial charge in [0.2, 0.25) is 5.91 Å². The molecule has 0 unspecified atom stereocenters. The minimum atomic E-state index is -4.42. The van der Waals surface area contributed by atoms with Crippen molar-refractivity contribution in [2.24, 2.45) is 0 Å². The van der Waals surface area contributed by atoms with Crippen LogP contribution < -0.4 is 10.2 Å². The Morgan fingerprint density at radius 1 is 0.882 bits per heavy atom. The van der Waals surface area contributed by atoms with Crippen LogP contribution in [-0.4, -0.2) is 17.9 Å². The molecule has 0 atom stereocenters. The van der Waals surface area contributed by atoms with Crippen LogP contribution in [0, 0.1) is 6.92 Å². The molecule has 3 aromatic carbocycles. The summed E-state index contributed by atoms with van der Waals surface area (Å²) in [5.41, 5.74) is 2.51. The molecule has 0 fully saturated rings. The highest BCUT2D eigenvalue weighted by Gasteiger charge is 2.30. The molecule has 2 amide bonds. The van der Waals surface area contributed by atoms with Gasteiger partial charge in [-0.1, -0.05) is 42.5 Å². The molecular formula is C27H27F3N2O2. The predicted octanol–water partition coefficient (Wildman–Crippen LogP) is 5.93. The van der Waals surface area contributed by atoms with Crippen molar-refractivity contribution in [1.29, 1.82) is 0 Å². The summed E-state index contributed by atoms with van der Waals surface area (Å²) in [6.45, 7) is 5.70. The lowest BCUT2D eigenvalue weighted by Gasteiger charge is -2.24. The molecule has 7 heteroatoms. The normalized spacial score (nSPS) is 11.4. The zero-order valence-corrected chi connectivity index (χ0v) is 19.3. The molecule has 3 aromatic rings. The zero-order valence-electron chi connectivity index (χ0n) is 19.3. The number of carbonyl (C=O) groups excluding carboxylic acids is 2. The maximum Gasteiger partial charge on any atom is 0.416 e. The summed E-state index contributed by atoms with van der Waals surface area (Å²) >= 11 is 0. The summed E-state index contributed by atoms with van der Waals surface area (Å²) < 4.78 is 38.8. The Kier molecular flexibility index (Phi) is 7.76. The lowest BCUT2D eigenvalue weighted by atomic mass is 10.0. The first-order chi connectivity index (χ1) is 16.0. The van der Waals surface area contributed by atoms with E-state index in [-0.39, 0.29) is 30.8 Å². The van der Waals surface area contributed by atoms with Crippen LogP contribution in [0.4, 0.5) is 18.9 Å². The summed E-state index contributed by atoms with van der Waals surface area (Å²) in [5, 5.41) is 2.84. The second-order valence-corrected chi connectivity index (χ2v) is 8.47. The first-order valence-corrected chi connectivity index (χ1v) is 11.0. The molecule has 0 aliphatic carbocycles. The van der Waals surface area contributed by atoms with Gasteiger partial charge >= 0.3 is 6.18 Å². The molecule has 0 aliphatic rings. The van der Waals surface area contributed by atoms with Gasteiger partial charge in [0.15, 0.2) is 0 Å². The van der Waals surface area contributed by atoms with Gasteiger partial charge in [-0.05, 0) is 67.8 Å².